The Balaban J connectivity index is 2.29. The summed E-state index contributed by atoms with van der Waals surface area (Å²) < 4.78 is 0. The zero-order valence-corrected chi connectivity index (χ0v) is 15.2. The highest BCUT2D eigenvalue weighted by atomic mass is 15.2. The van der Waals surface area contributed by atoms with Crippen molar-refractivity contribution in [2.24, 2.45) is 5.92 Å². The minimum Gasteiger partial charge on any atom is -0.300 e. The van der Waals surface area contributed by atoms with E-state index < -0.39 is 0 Å². The van der Waals surface area contributed by atoms with Crippen molar-refractivity contribution in [2.45, 2.75) is 110 Å². The molecule has 1 fully saturated rings. The molecule has 0 spiro atoms. The molecule has 1 nitrogen and oxygen atoms in total. The molecule has 0 aromatic heterocycles. The summed E-state index contributed by atoms with van der Waals surface area (Å²) >= 11 is 0. The van der Waals surface area contributed by atoms with Crippen LogP contribution in [0.15, 0.2) is 0 Å². The second-order valence-corrected chi connectivity index (χ2v) is 7.45. The summed E-state index contributed by atoms with van der Waals surface area (Å²) in [5.74, 6) is 0.928. The third-order valence-electron chi connectivity index (χ3n) is 5.24. The lowest BCUT2D eigenvalue weighted by atomic mass is 9.94. The maximum Gasteiger partial charge on any atom is 0.00953 e. The summed E-state index contributed by atoms with van der Waals surface area (Å²) in [5, 5.41) is 0. The average molecular weight is 296 g/mol. The summed E-state index contributed by atoms with van der Waals surface area (Å²) in [6.45, 7) is 9.82. The molecule has 2 unspecified atom stereocenters. The lowest BCUT2D eigenvalue weighted by Gasteiger charge is -2.37. The molecule has 1 heterocycles. The number of hydrogen-bond donors (Lipinski definition) is 0. The van der Waals surface area contributed by atoms with Crippen molar-refractivity contribution in [3.8, 4) is 0 Å². The van der Waals surface area contributed by atoms with Crippen LogP contribution >= 0.6 is 0 Å². The number of piperidine rings is 1. The highest BCUT2D eigenvalue weighted by Gasteiger charge is 2.23. The molecule has 0 aromatic rings. The van der Waals surface area contributed by atoms with Crippen molar-refractivity contribution in [1.82, 2.24) is 4.90 Å². The van der Waals surface area contributed by atoms with Gasteiger partial charge < -0.3 is 4.90 Å². The number of nitrogens with zero attached hydrogens (tertiary/aromatic N) is 1. The molecule has 0 saturated carbocycles. The molecule has 126 valence electrons. The molecule has 0 aromatic carbocycles. The molecule has 1 rings (SSSR count). The van der Waals surface area contributed by atoms with Crippen molar-refractivity contribution >= 4 is 0 Å². The zero-order chi connectivity index (χ0) is 15.3. The van der Waals surface area contributed by atoms with E-state index in [9.17, 15) is 0 Å². The first-order chi connectivity index (χ1) is 10.3. The number of hydrogen-bond acceptors (Lipinski definition) is 1. The Kier molecular flexibility index (Phi) is 11.3. The fraction of sp³-hybridized carbons (Fsp3) is 1.00. The van der Waals surface area contributed by atoms with E-state index in [4.69, 9.17) is 0 Å². The molecule has 21 heavy (non-hydrogen) atoms. The van der Waals surface area contributed by atoms with Gasteiger partial charge in [0, 0.05) is 12.6 Å². The van der Waals surface area contributed by atoms with Crippen molar-refractivity contribution in [3.63, 3.8) is 0 Å². The van der Waals surface area contributed by atoms with E-state index in [0.29, 0.717) is 0 Å². The third kappa shape index (κ3) is 8.86. The normalized spacial score (nSPS) is 21.6. The number of likely N-dealkylation sites (tertiary alicyclic amines) is 1. The summed E-state index contributed by atoms with van der Waals surface area (Å²) in [5.41, 5.74) is 0. The molecule has 0 radical (unpaired) electrons. The topological polar surface area (TPSA) is 3.24 Å². The van der Waals surface area contributed by atoms with E-state index in [0.717, 1.165) is 12.0 Å². The van der Waals surface area contributed by atoms with E-state index >= 15 is 0 Å². The van der Waals surface area contributed by atoms with Crippen LogP contribution in [0.4, 0.5) is 0 Å². The van der Waals surface area contributed by atoms with Crippen molar-refractivity contribution < 1.29 is 0 Å². The van der Waals surface area contributed by atoms with Crippen LogP contribution in [0.2, 0.25) is 0 Å². The van der Waals surface area contributed by atoms with Crippen LogP contribution < -0.4 is 0 Å². The Labute approximate surface area is 134 Å². The fourth-order valence-electron chi connectivity index (χ4n) is 3.86. The van der Waals surface area contributed by atoms with Gasteiger partial charge in [-0.25, -0.2) is 0 Å². The minimum absolute atomic E-state index is 0.895. The van der Waals surface area contributed by atoms with Gasteiger partial charge in [0.25, 0.3) is 0 Å². The Hall–Kier alpha value is -0.0400. The molecule has 0 N–H and O–H groups in total. The second kappa shape index (κ2) is 12.5. The minimum atomic E-state index is 0.895. The quantitative estimate of drug-likeness (QED) is 0.376. The molecule has 1 saturated heterocycles. The zero-order valence-electron chi connectivity index (χ0n) is 15.2. The van der Waals surface area contributed by atoms with E-state index in [1.54, 1.807) is 0 Å². The van der Waals surface area contributed by atoms with Crippen molar-refractivity contribution in [3.05, 3.63) is 0 Å². The summed E-state index contributed by atoms with van der Waals surface area (Å²) in [6.07, 6.45) is 18.7. The molecule has 1 heteroatoms. The first-order valence-corrected chi connectivity index (χ1v) is 10.0. The van der Waals surface area contributed by atoms with E-state index in [1.165, 1.54) is 96.6 Å². The predicted molar refractivity (Wildman–Crippen MR) is 95.9 cm³/mol. The Morgan fingerprint density at radius 1 is 0.857 bits per heavy atom. The molecular formula is C20H41N. The molecule has 2 atom stereocenters. The lowest BCUT2D eigenvalue weighted by Crippen LogP contribution is -2.42. The van der Waals surface area contributed by atoms with Gasteiger partial charge in [0.15, 0.2) is 0 Å². The molecule has 0 amide bonds. The molecule has 0 bridgehead atoms. The largest absolute Gasteiger partial charge is 0.300 e. The van der Waals surface area contributed by atoms with Gasteiger partial charge in [-0.15, -0.1) is 0 Å². The molecule has 1 aliphatic heterocycles. The number of rotatable bonds is 12. The smallest absolute Gasteiger partial charge is 0.00953 e. The fourth-order valence-corrected chi connectivity index (χ4v) is 3.86. The SMILES string of the molecule is CCCCCCCC(CCCCCC)N1CCCC(C)C1. The first-order valence-electron chi connectivity index (χ1n) is 10.0. The predicted octanol–water partition coefficient (Wildman–Crippen LogP) is 6.42. The van der Waals surface area contributed by atoms with Gasteiger partial charge in [-0.1, -0.05) is 78.6 Å². The van der Waals surface area contributed by atoms with Crippen LogP contribution in [0.1, 0.15) is 104 Å². The first kappa shape index (κ1) is 19.0. The number of unbranched alkanes of at least 4 members (excludes halogenated alkanes) is 7. The van der Waals surface area contributed by atoms with Crippen molar-refractivity contribution in [2.75, 3.05) is 13.1 Å². The maximum absolute atomic E-state index is 2.85. The van der Waals surface area contributed by atoms with E-state index in [2.05, 4.69) is 25.7 Å². The van der Waals surface area contributed by atoms with Crippen LogP contribution in [-0.2, 0) is 0 Å². The van der Waals surface area contributed by atoms with Gasteiger partial charge in [0.2, 0.25) is 0 Å². The monoisotopic (exact) mass is 295 g/mol. The van der Waals surface area contributed by atoms with Gasteiger partial charge in [0.05, 0.1) is 0 Å². The van der Waals surface area contributed by atoms with Crippen LogP contribution in [0.3, 0.4) is 0 Å². The van der Waals surface area contributed by atoms with Crippen LogP contribution in [0.25, 0.3) is 0 Å². The Morgan fingerprint density at radius 2 is 1.43 bits per heavy atom. The average Bonchev–Trinajstić information content (AvgIpc) is 2.49. The van der Waals surface area contributed by atoms with E-state index in [-0.39, 0.29) is 0 Å². The maximum atomic E-state index is 2.85. The van der Waals surface area contributed by atoms with Gasteiger partial charge in [-0.3, -0.25) is 0 Å². The Bertz CT molecular complexity index is 226. The van der Waals surface area contributed by atoms with Crippen LogP contribution in [0.5, 0.6) is 0 Å². The van der Waals surface area contributed by atoms with Crippen LogP contribution in [0, 0.1) is 5.92 Å². The van der Waals surface area contributed by atoms with Gasteiger partial charge >= 0.3 is 0 Å². The second-order valence-electron chi connectivity index (χ2n) is 7.45. The molecular weight excluding hydrogens is 254 g/mol. The Morgan fingerprint density at radius 3 is 2.00 bits per heavy atom. The standard InChI is InChI=1S/C20H41N/c1-4-6-8-10-12-16-20(15-11-9-7-5-2)21-17-13-14-19(3)18-21/h19-20H,4-18H2,1-3H3. The summed E-state index contributed by atoms with van der Waals surface area (Å²) in [4.78, 5) is 2.85. The summed E-state index contributed by atoms with van der Waals surface area (Å²) in [7, 11) is 0. The highest BCUT2D eigenvalue weighted by molar-refractivity contribution is 4.78. The third-order valence-corrected chi connectivity index (χ3v) is 5.24. The highest BCUT2D eigenvalue weighted by Crippen LogP contribution is 2.24. The molecule has 1 aliphatic rings. The lowest BCUT2D eigenvalue weighted by molar-refractivity contribution is 0.113. The van der Waals surface area contributed by atoms with Crippen molar-refractivity contribution in [1.29, 1.82) is 0 Å². The van der Waals surface area contributed by atoms with Crippen LogP contribution in [-0.4, -0.2) is 24.0 Å². The summed E-state index contributed by atoms with van der Waals surface area (Å²) in [6, 6.07) is 0.895. The van der Waals surface area contributed by atoms with Gasteiger partial charge in [0.1, 0.15) is 0 Å². The van der Waals surface area contributed by atoms with Gasteiger partial charge in [-0.05, 0) is 38.1 Å². The van der Waals surface area contributed by atoms with E-state index in [1.807, 2.05) is 0 Å². The molecule has 0 aliphatic carbocycles. The van der Waals surface area contributed by atoms with Gasteiger partial charge in [-0.2, -0.15) is 0 Å².